The summed E-state index contributed by atoms with van der Waals surface area (Å²) in [6.07, 6.45) is 0. The molecule has 0 aliphatic rings. The minimum absolute atomic E-state index is 0. The predicted octanol–water partition coefficient (Wildman–Crippen LogP) is 4.24. The van der Waals surface area contributed by atoms with Gasteiger partial charge in [0.05, 0.1) is 16.8 Å². The Hall–Kier alpha value is 0.984. The van der Waals surface area contributed by atoms with Crippen molar-refractivity contribution in [3.63, 3.8) is 0 Å². The smallest absolute Gasteiger partial charge is 0.0614 e. The predicted molar refractivity (Wildman–Crippen MR) is 93.4 cm³/mol. The first kappa shape index (κ1) is 30.8. The molecule has 0 amide bonds. The summed E-state index contributed by atoms with van der Waals surface area (Å²) >= 11 is 0. The molecule has 3 N–H and O–H groups in total. The van der Waals surface area contributed by atoms with Crippen LogP contribution in [0, 0.1) is 17.8 Å². The second kappa shape index (κ2) is 12.4. The summed E-state index contributed by atoms with van der Waals surface area (Å²) in [4.78, 5) is 0. The maximum absolute atomic E-state index is 9.09. The van der Waals surface area contributed by atoms with Crippen LogP contribution in [0.15, 0.2) is 0 Å². The van der Waals surface area contributed by atoms with Gasteiger partial charge in [0.15, 0.2) is 0 Å². The van der Waals surface area contributed by atoms with Crippen LogP contribution in [0.2, 0.25) is 0 Å². The summed E-state index contributed by atoms with van der Waals surface area (Å²) in [6.45, 7) is 22.9. The zero-order valence-corrected chi connectivity index (χ0v) is 20.0. The normalized spacial score (nSPS) is 12.3. The maximum atomic E-state index is 9.09. The SMILES string of the molecule is CC(C)C(C)(C)O.CC(C)C(C)(C)O.CC(C)C(C)(C)O.[Y]. The van der Waals surface area contributed by atoms with Crippen molar-refractivity contribution in [2.45, 2.75) is 99.9 Å². The summed E-state index contributed by atoms with van der Waals surface area (Å²) in [5.41, 5.74) is -1.50. The minimum atomic E-state index is -0.500. The molecule has 22 heavy (non-hydrogen) atoms. The van der Waals surface area contributed by atoms with Crippen molar-refractivity contribution in [2.75, 3.05) is 0 Å². The first-order chi connectivity index (χ1) is 8.83. The van der Waals surface area contributed by atoms with Gasteiger partial charge < -0.3 is 15.3 Å². The fraction of sp³-hybridized carbons (Fsp3) is 1.00. The molecular weight excluding hydrogens is 353 g/mol. The van der Waals surface area contributed by atoms with E-state index in [0.29, 0.717) is 17.8 Å². The van der Waals surface area contributed by atoms with Gasteiger partial charge in [-0.15, -0.1) is 0 Å². The van der Waals surface area contributed by atoms with Crippen molar-refractivity contribution < 1.29 is 48.0 Å². The van der Waals surface area contributed by atoms with E-state index in [1.54, 1.807) is 0 Å². The van der Waals surface area contributed by atoms with Crippen LogP contribution in [0.4, 0.5) is 0 Å². The Bertz CT molecular complexity index is 198. The summed E-state index contributed by atoms with van der Waals surface area (Å²) in [6, 6.07) is 0. The van der Waals surface area contributed by atoms with Crippen LogP contribution in [0.5, 0.6) is 0 Å². The molecule has 0 aromatic heterocycles. The molecular formula is C18H42O3Y. The Balaban J connectivity index is -0.000000108. The third-order valence-electron chi connectivity index (χ3n) is 4.24. The van der Waals surface area contributed by atoms with Gasteiger partial charge in [0.2, 0.25) is 0 Å². The van der Waals surface area contributed by atoms with Crippen molar-refractivity contribution in [2.24, 2.45) is 17.8 Å². The fourth-order valence-corrected chi connectivity index (χ4v) is 0. The van der Waals surface area contributed by atoms with Crippen LogP contribution >= 0.6 is 0 Å². The van der Waals surface area contributed by atoms with E-state index < -0.39 is 16.8 Å². The Kier molecular flexibility index (Phi) is 17.3. The summed E-state index contributed by atoms with van der Waals surface area (Å²) in [7, 11) is 0. The Morgan fingerprint density at radius 1 is 0.455 bits per heavy atom. The summed E-state index contributed by atoms with van der Waals surface area (Å²) in [5, 5.41) is 27.3. The van der Waals surface area contributed by atoms with Crippen molar-refractivity contribution >= 4 is 0 Å². The second-order valence-electron chi connectivity index (χ2n) is 8.43. The number of hydrogen-bond acceptors (Lipinski definition) is 3. The number of hydrogen-bond donors (Lipinski definition) is 3. The van der Waals surface area contributed by atoms with E-state index in [9.17, 15) is 0 Å². The molecule has 0 unspecified atom stereocenters. The van der Waals surface area contributed by atoms with Crippen molar-refractivity contribution in [1.29, 1.82) is 0 Å². The average Bonchev–Trinajstić information content (AvgIpc) is 2.14. The third kappa shape index (κ3) is 23.3. The molecule has 0 heterocycles. The van der Waals surface area contributed by atoms with Gasteiger partial charge >= 0.3 is 0 Å². The first-order valence-electron chi connectivity index (χ1n) is 8.00. The van der Waals surface area contributed by atoms with Gasteiger partial charge in [-0.05, 0) is 59.3 Å². The zero-order chi connectivity index (χ0) is 18.2. The van der Waals surface area contributed by atoms with E-state index in [1.165, 1.54) is 0 Å². The zero-order valence-electron chi connectivity index (χ0n) is 17.2. The Morgan fingerprint density at radius 3 is 0.500 bits per heavy atom. The van der Waals surface area contributed by atoms with Gasteiger partial charge in [0.25, 0.3) is 0 Å². The van der Waals surface area contributed by atoms with E-state index in [1.807, 2.05) is 83.1 Å². The van der Waals surface area contributed by atoms with Crippen LogP contribution in [0.1, 0.15) is 83.1 Å². The Morgan fingerprint density at radius 2 is 0.500 bits per heavy atom. The molecule has 1 radical (unpaired) electrons. The van der Waals surface area contributed by atoms with Crippen molar-refractivity contribution in [3.8, 4) is 0 Å². The second-order valence-corrected chi connectivity index (χ2v) is 8.43. The summed E-state index contributed by atoms with van der Waals surface area (Å²) in [5.74, 6) is 1.06. The molecule has 3 nitrogen and oxygen atoms in total. The van der Waals surface area contributed by atoms with Gasteiger partial charge in [0.1, 0.15) is 0 Å². The van der Waals surface area contributed by atoms with Crippen molar-refractivity contribution in [1.82, 2.24) is 0 Å². The molecule has 0 fully saturated rings. The molecule has 0 saturated carbocycles. The van der Waals surface area contributed by atoms with Gasteiger partial charge in [-0.3, -0.25) is 0 Å². The van der Waals surface area contributed by atoms with Gasteiger partial charge in [-0.2, -0.15) is 0 Å². The van der Waals surface area contributed by atoms with E-state index >= 15 is 0 Å². The number of aliphatic hydroxyl groups is 3. The molecule has 135 valence electrons. The molecule has 0 saturated heterocycles. The largest absolute Gasteiger partial charge is 0.390 e. The molecule has 0 aromatic rings. The topological polar surface area (TPSA) is 60.7 Å². The van der Waals surface area contributed by atoms with E-state index in [4.69, 9.17) is 15.3 Å². The Labute approximate surface area is 165 Å². The maximum Gasteiger partial charge on any atom is 0.0614 e. The average molecular weight is 395 g/mol. The van der Waals surface area contributed by atoms with Crippen LogP contribution in [0.3, 0.4) is 0 Å². The van der Waals surface area contributed by atoms with Crippen LogP contribution in [0.25, 0.3) is 0 Å². The van der Waals surface area contributed by atoms with E-state index in [2.05, 4.69) is 0 Å². The van der Waals surface area contributed by atoms with Crippen LogP contribution in [-0.4, -0.2) is 32.1 Å². The minimum Gasteiger partial charge on any atom is -0.390 e. The summed E-state index contributed by atoms with van der Waals surface area (Å²) < 4.78 is 0. The monoisotopic (exact) mass is 395 g/mol. The van der Waals surface area contributed by atoms with Gasteiger partial charge in [0, 0.05) is 32.7 Å². The molecule has 0 rings (SSSR count). The number of rotatable bonds is 3. The molecule has 0 aliphatic heterocycles. The molecule has 0 bridgehead atoms. The van der Waals surface area contributed by atoms with Crippen molar-refractivity contribution in [3.05, 3.63) is 0 Å². The third-order valence-corrected chi connectivity index (χ3v) is 4.24. The van der Waals surface area contributed by atoms with E-state index in [0.717, 1.165) is 0 Å². The molecule has 0 aromatic carbocycles. The van der Waals surface area contributed by atoms with E-state index in [-0.39, 0.29) is 32.7 Å². The molecule has 0 spiro atoms. The first-order valence-corrected chi connectivity index (χ1v) is 8.00. The van der Waals surface area contributed by atoms with Crippen LogP contribution in [-0.2, 0) is 32.7 Å². The quantitative estimate of drug-likeness (QED) is 0.670. The van der Waals surface area contributed by atoms with Gasteiger partial charge in [-0.25, -0.2) is 0 Å². The molecule has 4 heteroatoms. The standard InChI is InChI=1S/3C6H14O.Y/c3*1-5(2)6(3,4)7;/h3*5,7H,1-4H3;. The van der Waals surface area contributed by atoms with Crippen LogP contribution < -0.4 is 0 Å². The fourth-order valence-electron chi connectivity index (χ4n) is 0. The molecule has 0 aliphatic carbocycles. The molecule has 0 atom stereocenters. The van der Waals surface area contributed by atoms with Gasteiger partial charge in [-0.1, -0.05) is 41.5 Å².